The van der Waals surface area contributed by atoms with Gasteiger partial charge < -0.3 is 4.90 Å². The standard InChI is InChI=1S/C28H31N2/c1-18-6-10-27-23(12-18)16-25(29(27)4)14-21-8-9-22(20(21)3)15-26-17-24-13-19(2)7-11-28(24)30(26)5/h6-7,10-15H,8-9,16-17H2,1-5H3/q+1. The molecule has 0 saturated heterocycles. The number of nitrogens with zero attached hydrogens (tertiary/aromatic N) is 2. The minimum Gasteiger partial charge on any atom is -0.348 e. The van der Waals surface area contributed by atoms with Crippen LogP contribution in [0.25, 0.3) is 0 Å². The Balaban J connectivity index is 1.43. The largest absolute Gasteiger partial charge is 0.348 e. The molecule has 2 aromatic carbocycles. The Morgan fingerprint density at radius 3 is 2.40 bits per heavy atom. The predicted molar refractivity (Wildman–Crippen MR) is 127 cm³/mol. The third kappa shape index (κ3) is 3.15. The van der Waals surface area contributed by atoms with Crippen LogP contribution in [0.5, 0.6) is 0 Å². The fraction of sp³-hybridized carbons (Fsp3) is 0.321. The van der Waals surface area contributed by atoms with E-state index in [0.717, 1.165) is 25.7 Å². The quantitative estimate of drug-likeness (QED) is 0.550. The highest BCUT2D eigenvalue weighted by molar-refractivity contribution is 5.97. The van der Waals surface area contributed by atoms with E-state index in [1.165, 1.54) is 61.8 Å². The smallest absolute Gasteiger partial charge is 0.208 e. The van der Waals surface area contributed by atoms with Gasteiger partial charge in [-0.1, -0.05) is 29.3 Å². The second kappa shape index (κ2) is 7.12. The SMILES string of the molecule is CC1=C(C=C2Cc3cc(C)ccc3N2C)CCC1=CC1=[N+](C)c2ccc(C)cc2C1. The number of hydrogen-bond acceptors (Lipinski definition) is 1. The first kappa shape index (κ1) is 19.1. The summed E-state index contributed by atoms with van der Waals surface area (Å²) in [4.78, 5) is 2.37. The average molecular weight is 396 g/mol. The number of aryl methyl sites for hydroxylation is 2. The van der Waals surface area contributed by atoms with Crippen LogP contribution in [-0.2, 0) is 12.8 Å². The van der Waals surface area contributed by atoms with Gasteiger partial charge in [0.05, 0.1) is 6.42 Å². The second-order valence-electron chi connectivity index (χ2n) is 9.18. The molecule has 2 aliphatic heterocycles. The molecule has 0 spiro atoms. The Morgan fingerprint density at radius 1 is 0.867 bits per heavy atom. The van der Waals surface area contributed by atoms with Gasteiger partial charge in [0.2, 0.25) is 5.69 Å². The predicted octanol–water partition coefficient (Wildman–Crippen LogP) is 6.19. The van der Waals surface area contributed by atoms with Gasteiger partial charge in [-0.05, 0) is 74.1 Å². The van der Waals surface area contributed by atoms with Gasteiger partial charge in [0.25, 0.3) is 0 Å². The highest BCUT2D eigenvalue weighted by atomic mass is 15.1. The van der Waals surface area contributed by atoms with E-state index in [1.54, 1.807) is 0 Å². The van der Waals surface area contributed by atoms with Gasteiger partial charge in [-0.15, -0.1) is 0 Å². The maximum absolute atomic E-state index is 2.45. The molecule has 0 radical (unpaired) electrons. The maximum Gasteiger partial charge on any atom is 0.208 e. The van der Waals surface area contributed by atoms with Crippen molar-refractivity contribution < 1.29 is 4.58 Å². The molecule has 0 unspecified atom stereocenters. The zero-order chi connectivity index (χ0) is 21.0. The van der Waals surface area contributed by atoms with Crippen molar-refractivity contribution in [1.29, 1.82) is 0 Å². The molecule has 0 saturated carbocycles. The Bertz CT molecular complexity index is 1190. The van der Waals surface area contributed by atoms with Crippen LogP contribution >= 0.6 is 0 Å². The zero-order valence-corrected chi connectivity index (χ0v) is 18.8. The lowest BCUT2D eigenvalue weighted by Crippen LogP contribution is -2.11. The van der Waals surface area contributed by atoms with Crippen LogP contribution in [0.15, 0.2) is 71.0 Å². The van der Waals surface area contributed by atoms with Crippen LogP contribution in [0.1, 0.15) is 42.0 Å². The Labute approximate surface area is 180 Å². The summed E-state index contributed by atoms with van der Waals surface area (Å²) in [5.74, 6) is 0. The summed E-state index contributed by atoms with van der Waals surface area (Å²) in [6.45, 7) is 6.67. The number of rotatable bonds is 2. The topological polar surface area (TPSA) is 6.25 Å². The first-order valence-electron chi connectivity index (χ1n) is 11.0. The first-order chi connectivity index (χ1) is 14.4. The summed E-state index contributed by atoms with van der Waals surface area (Å²) in [5.41, 5.74) is 15.6. The summed E-state index contributed by atoms with van der Waals surface area (Å²) in [7, 11) is 4.41. The van der Waals surface area contributed by atoms with E-state index in [1.807, 2.05) is 0 Å². The van der Waals surface area contributed by atoms with Crippen molar-refractivity contribution in [2.24, 2.45) is 0 Å². The molecular weight excluding hydrogens is 364 g/mol. The Hall–Kier alpha value is -2.87. The second-order valence-corrected chi connectivity index (χ2v) is 9.18. The van der Waals surface area contributed by atoms with Gasteiger partial charge in [-0.3, -0.25) is 0 Å². The lowest BCUT2D eigenvalue weighted by atomic mass is 10.0. The lowest BCUT2D eigenvalue weighted by Gasteiger charge is -2.15. The zero-order valence-electron chi connectivity index (χ0n) is 18.8. The van der Waals surface area contributed by atoms with Crippen molar-refractivity contribution in [2.75, 3.05) is 19.0 Å². The van der Waals surface area contributed by atoms with E-state index < -0.39 is 0 Å². The number of fused-ring (bicyclic) bond motifs is 2. The van der Waals surface area contributed by atoms with Crippen molar-refractivity contribution >= 4 is 17.1 Å². The molecule has 0 fully saturated rings. The van der Waals surface area contributed by atoms with Gasteiger partial charge >= 0.3 is 0 Å². The van der Waals surface area contributed by atoms with Crippen LogP contribution in [-0.4, -0.2) is 24.4 Å². The molecule has 0 amide bonds. The van der Waals surface area contributed by atoms with Gasteiger partial charge in [-0.25, -0.2) is 0 Å². The molecule has 5 rings (SSSR count). The minimum atomic E-state index is 1.04. The van der Waals surface area contributed by atoms with Gasteiger partial charge in [-0.2, -0.15) is 4.58 Å². The molecule has 2 aromatic rings. The van der Waals surface area contributed by atoms with Gasteiger partial charge in [0.15, 0.2) is 5.71 Å². The highest BCUT2D eigenvalue weighted by Crippen LogP contribution is 2.38. The van der Waals surface area contributed by atoms with Crippen LogP contribution < -0.4 is 4.90 Å². The molecule has 2 heterocycles. The average Bonchev–Trinajstić information content (AvgIpc) is 3.31. The van der Waals surface area contributed by atoms with Gasteiger partial charge in [0.1, 0.15) is 7.05 Å². The molecular formula is C28H31N2+. The summed E-state index contributed by atoms with van der Waals surface area (Å²) in [6, 6.07) is 13.6. The van der Waals surface area contributed by atoms with E-state index in [-0.39, 0.29) is 0 Å². The van der Waals surface area contributed by atoms with Crippen molar-refractivity contribution in [3.8, 4) is 0 Å². The molecule has 2 heteroatoms. The van der Waals surface area contributed by atoms with E-state index in [0.29, 0.717) is 0 Å². The minimum absolute atomic E-state index is 1.04. The molecule has 152 valence electrons. The van der Waals surface area contributed by atoms with Crippen LogP contribution in [0.4, 0.5) is 11.4 Å². The van der Waals surface area contributed by atoms with Crippen LogP contribution in [0, 0.1) is 13.8 Å². The third-order valence-electron chi connectivity index (χ3n) is 7.11. The molecule has 0 N–H and O–H groups in total. The summed E-state index contributed by atoms with van der Waals surface area (Å²) >= 11 is 0. The van der Waals surface area contributed by atoms with Crippen molar-refractivity contribution in [2.45, 2.75) is 46.5 Å². The number of allylic oxidation sites excluding steroid dienone is 6. The third-order valence-corrected chi connectivity index (χ3v) is 7.11. The molecule has 3 aliphatic rings. The molecule has 0 atom stereocenters. The number of anilines is 1. The molecule has 0 bridgehead atoms. The van der Waals surface area contributed by atoms with E-state index >= 15 is 0 Å². The van der Waals surface area contributed by atoms with Crippen LogP contribution in [0.3, 0.4) is 0 Å². The van der Waals surface area contributed by atoms with E-state index in [4.69, 9.17) is 0 Å². The monoisotopic (exact) mass is 395 g/mol. The fourth-order valence-corrected chi connectivity index (χ4v) is 5.21. The number of likely N-dealkylation sites (N-methyl/N-ethyl adjacent to an activating group) is 1. The Morgan fingerprint density at radius 2 is 1.60 bits per heavy atom. The van der Waals surface area contributed by atoms with Crippen molar-refractivity contribution in [3.63, 3.8) is 0 Å². The lowest BCUT2D eigenvalue weighted by molar-refractivity contribution is -0.400. The van der Waals surface area contributed by atoms with Crippen molar-refractivity contribution in [3.05, 3.63) is 93.2 Å². The summed E-state index contributed by atoms with van der Waals surface area (Å²) < 4.78 is 2.37. The molecule has 1 aliphatic carbocycles. The van der Waals surface area contributed by atoms with Crippen molar-refractivity contribution in [1.82, 2.24) is 0 Å². The summed E-state index contributed by atoms with van der Waals surface area (Å²) in [5, 5.41) is 0. The van der Waals surface area contributed by atoms with Crippen LogP contribution in [0.2, 0.25) is 0 Å². The normalized spacial score (nSPS) is 20.8. The van der Waals surface area contributed by atoms with E-state index in [2.05, 4.69) is 92.9 Å². The Kier molecular flexibility index (Phi) is 4.54. The van der Waals surface area contributed by atoms with E-state index in [9.17, 15) is 0 Å². The first-order valence-corrected chi connectivity index (χ1v) is 11.0. The molecule has 2 nitrogen and oxygen atoms in total. The maximum atomic E-state index is 2.45. The fourth-order valence-electron chi connectivity index (χ4n) is 5.21. The number of hydrogen-bond donors (Lipinski definition) is 0. The van der Waals surface area contributed by atoms with Gasteiger partial charge in [0, 0.05) is 42.6 Å². The molecule has 0 aromatic heterocycles. The highest BCUT2D eigenvalue weighted by Gasteiger charge is 2.27. The number of benzene rings is 2. The summed E-state index contributed by atoms with van der Waals surface area (Å²) in [6.07, 6.45) is 9.27. The molecule has 30 heavy (non-hydrogen) atoms.